The largest absolute Gasteiger partial charge is 0.505 e. The lowest BCUT2D eigenvalue weighted by atomic mass is 10.2. The van der Waals surface area contributed by atoms with Crippen LogP contribution in [0.15, 0.2) is 54.6 Å². The molecular formula is C16H11FN2O2. The molecule has 3 aromatic rings. The zero-order chi connectivity index (χ0) is 14.8. The van der Waals surface area contributed by atoms with Crippen LogP contribution in [0.2, 0.25) is 0 Å². The Morgan fingerprint density at radius 1 is 1.10 bits per heavy atom. The Morgan fingerprint density at radius 3 is 2.71 bits per heavy atom. The minimum Gasteiger partial charge on any atom is -0.505 e. The molecular weight excluding hydrogens is 271 g/mol. The van der Waals surface area contributed by atoms with Gasteiger partial charge < -0.3 is 10.4 Å². The number of phenols is 1. The molecule has 3 rings (SSSR count). The van der Waals surface area contributed by atoms with Crippen LogP contribution in [-0.4, -0.2) is 16.0 Å². The van der Waals surface area contributed by atoms with Crippen LogP contribution in [-0.2, 0) is 0 Å². The SMILES string of the molecule is O=C(Nc1ccc(O)c(F)c1)c1ccc2ccccc2n1. The van der Waals surface area contributed by atoms with Gasteiger partial charge in [-0.25, -0.2) is 9.37 Å². The number of anilines is 1. The Labute approximate surface area is 119 Å². The van der Waals surface area contributed by atoms with Crippen LogP contribution in [0.5, 0.6) is 5.75 Å². The van der Waals surface area contributed by atoms with Gasteiger partial charge in [-0.3, -0.25) is 4.79 Å². The first kappa shape index (κ1) is 13.1. The summed E-state index contributed by atoms with van der Waals surface area (Å²) in [5.74, 6) is -1.69. The Bertz CT molecular complexity index is 833. The summed E-state index contributed by atoms with van der Waals surface area (Å²) in [5.41, 5.74) is 1.20. The molecule has 0 fully saturated rings. The second-order valence-corrected chi connectivity index (χ2v) is 4.51. The number of aromatic nitrogens is 1. The highest BCUT2D eigenvalue weighted by Crippen LogP contribution is 2.20. The van der Waals surface area contributed by atoms with E-state index in [1.165, 1.54) is 12.1 Å². The fourth-order valence-electron chi connectivity index (χ4n) is 1.97. The van der Waals surface area contributed by atoms with Gasteiger partial charge in [0.25, 0.3) is 5.91 Å². The summed E-state index contributed by atoms with van der Waals surface area (Å²) in [5, 5.41) is 12.6. The lowest BCUT2D eigenvalue weighted by molar-refractivity contribution is 0.102. The van der Waals surface area contributed by atoms with Crippen molar-refractivity contribution in [2.45, 2.75) is 0 Å². The van der Waals surface area contributed by atoms with Gasteiger partial charge in [0.1, 0.15) is 5.69 Å². The highest BCUT2D eigenvalue weighted by Gasteiger charge is 2.10. The molecule has 0 saturated carbocycles. The first-order valence-electron chi connectivity index (χ1n) is 6.29. The molecule has 5 heteroatoms. The van der Waals surface area contributed by atoms with Crippen LogP contribution in [0, 0.1) is 5.82 Å². The van der Waals surface area contributed by atoms with Crippen molar-refractivity contribution in [1.82, 2.24) is 4.98 Å². The summed E-state index contributed by atoms with van der Waals surface area (Å²) in [4.78, 5) is 16.4. The lowest BCUT2D eigenvalue weighted by Gasteiger charge is -2.06. The van der Waals surface area contributed by atoms with Gasteiger partial charge in [-0.1, -0.05) is 24.3 Å². The van der Waals surface area contributed by atoms with Crippen molar-refractivity contribution >= 4 is 22.5 Å². The zero-order valence-corrected chi connectivity index (χ0v) is 10.9. The second-order valence-electron chi connectivity index (χ2n) is 4.51. The summed E-state index contributed by atoms with van der Waals surface area (Å²) < 4.78 is 13.2. The van der Waals surface area contributed by atoms with E-state index in [1.807, 2.05) is 24.3 Å². The molecule has 0 unspecified atom stereocenters. The Morgan fingerprint density at radius 2 is 1.90 bits per heavy atom. The Balaban J connectivity index is 1.87. The first-order chi connectivity index (χ1) is 10.1. The van der Waals surface area contributed by atoms with Crippen LogP contribution in [0.3, 0.4) is 0 Å². The third-order valence-corrected chi connectivity index (χ3v) is 3.04. The van der Waals surface area contributed by atoms with Crippen molar-refractivity contribution in [3.05, 3.63) is 66.1 Å². The molecule has 1 amide bonds. The predicted octanol–water partition coefficient (Wildman–Crippen LogP) is 3.33. The van der Waals surface area contributed by atoms with E-state index in [1.54, 1.807) is 12.1 Å². The summed E-state index contributed by atoms with van der Waals surface area (Å²) in [6.07, 6.45) is 0. The minimum absolute atomic E-state index is 0.238. The van der Waals surface area contributed by atoms with E-state index < -0.39 is 17.5 Å². The van der Waals surface area contributed by atoms with Crippen molar-refractivity contribution in [3.63, 3.8) is 0 Å². The molecule has 0 saturated heterocycles. The third-order valence-electron chi connectivity index (χ3n) is 3.04. The first-order valence-corrected chi connectivity index (χ1v) is 6.29. The maximum Gasteiger partial charge on any atom is 0.274 e. The van der Waals surface area contributed by atoms with Crippen LogP contribution < -0.4 is 5.32 Å². The van der Waals surface area contributed by atoms with E-state index in [0.717, 1.165) is 11.5 Å². The molecule has 0 aliphatic carbocycles. The zero-order valence-electron chi connectivity index (χ0n) is 10.9. The number of phenolic OH excluding ortho intramolecular Hbond substituents is 1. The molecule has 2 N–H and O–H groups in total. The van der Waals surface area contributed by atoms with Crippen molar-refractivity contribution in [1.29, 1.82) is 0 Å². The van der Waals surface area contributed by atoms with Gasteiger partial charge in [0, 0.05) is 17.1 Å². The number of para-hydroxylation sites is 1. The highest BCUT2D eigenvalue weighted by atomic mass is 19.1. The van der Waals surface area contributed by atoms with E-state index in [9.17, 15) is 9.18 Å². The smallest absolute Gasteiger partial charge is 0.274 e. The van der Waals surface area contributed by atoms with Gasteiger partial charge in [0.2, 0.25) is 0 Å². The quantitative estimate of drug-likeness (QED) is 0.709. The number of benzene rings is 2. The monoisotopic (exact) mass is 282 g/mol. The summed E-state index contributed by atoms with van der Waals surface area (Å²) >= 11 is 0. The van der Waals surface area contributed by atoms with Crippen molar-refractivity contribution in [3.8, 4) is 5.75 Å². The summed E-state index contributed by atoms with van der Waals surface area (Å²) in [7, 11) is 0. The van der Waals surface area contributed by atoms with E-state index in [0.29, 0.717) is 5.52 Å². The van der Waals surface area contributed by atoms with E-state index in [-0.39, 0.29) is 11.4 Å². The van der Waals surface area contributed by atoms with Crippen LogP contribution in [0.1, 0.15) is 10.5 Å². The molecule has 0 atom stereocenters. The molecule has 0 radical (unpaired) electrons. The number of rotatable bonds is 2. The number of carbonyl (C=O) groups excluding carboxylic acids is 1. The average Bonchev–Trinajstić information content (AvgIpc) is 2.50. The maximum atomic E-state index is 13.2. The topological polar surface area (TPSA) is 62.2 Å². The van der Waals surface area contributed by atoms with E-state index >= 15 is 0 Å². The van der Waals surface area contributed by atoms with Gasteiger partial charge in [-0.05, 0) is 24.3 Å². The van der Waals surface area contributed by atoms with E-state index in [2.05, 4.69) is 10.3 Å². The Hall–Kier alpha value is -2.95. The third kappa shape index (κ3) is 2.67. The number of aromatic hydroxyl groups is 1. The summed E-state index contributed by atoms with van der Waals surface area (Å²) in [6.45, 7) is 0. The molecule has 0 aliphatic rings. The van der Waals surface area contributed by atoms with Gasteiger partial charge >= 0.3 is 0 Å². The molecule has 0 spiro atoms. The van der Waals surface area contributed by atoms with Crippen LogP contribution in [0.4, 0.5) is 10.1 Å². The highest BCUT2D eigenvalue weighted by molar-refractivity contribution is 6.04. The number of nitrogens with zero attached hydrogens (tertiary/aromatic N) is 1. The van der Waals surface area contributed by atoms with Crippen molar-refractivity contribution in [2.75, 3.05) is 5.32 Å². The fraction of sp³-hybridized carbons (Fsp3) is 0. The number of halogens is 1. The molecule has 2 aromatic carbocycles. The lowest BCUT2D eigenvalue weighted by Crippen LogP contribution is -2.13. The van der Waals surface area contributed by atoms with E-state index in [4.69, 9.17) is 5.11 Å². The molecule has 21 heavy (non-hydrogen) atoms. The van der Waals surface area contributed by atoms with Crippen LogP contribution >= 0.6 is 0 Å². The van der Waals surface area contributed by atoms with Crippen molar-refractivity contribution < 1.29 is 14.3 Å². The number of pyridine rings is 1. The normalized spacial score (nSPS) is 10.5. The van der Waals surface area contributed by atoms with Gasteiger partial charge in [0.05, 0.1) is 5.52 Å². The molecule has 1 aromatic heterocycles. The predicted molar refractivity (Wildman–Crippen MR) is 77.8 cm³/mol. The summed E-state index contributed by atoms with van der Waals surface area (Å²) in [6, 6.07) is 14.5. The molecule has 4 nitrogen and oxygen atoms in total. The number of carbonyl (C=O) groups is 1. The number of hydrogen-bond acceptors (Lipinski definition) is 3. The second kappa shape index (κ2) is 5.20. The van der Waals surface area contributed by atoms with Crippen molar-refractivity contribution in [2.24, 2.45) is 0 Å². The molecule has 0 aliphatic heterocycles. The van der Waals surface area contributed by atoms with Gasteiger partial charge in [-0.2, -0.15) is 0 Å². The number of fused-ring (bicyclic) bond motifs is 1. The fourth-order valence-corrected chi connectivity index (χ4v) is 1.97. The molecule has 104 valence electrons. The Kier molecular flexibility index (Phi) is 3.23. The maximum absolute atomic E-state index is 13.2. The van der Waals surface area contributed by atoms with Gasteiger partial charge in [0.15, 0.2) is 11.6 Å². The molecule has 0 bridgehead atoms. The number of hydrogen-bond donors (Lipinski definition) is 2. The molecule has 1 heterocycles. The number of amides is 1. The van der Waals surface area contributed by atoms with Gasteiger partial charge in [-0.15, -0.1) is 0 Å². The average molecular weight is 282 g/mol. The standard InChI is InChI=1S/C16H11FN2O2/c17-12-9-11(6-8-15(12)20)18-16(21)14-7-5-10-3-1-2-4-13(10)19-14/h1-9,20H,(H,18,21). The number of nitrogens with one attached hydrogen (secondary N) is 1. The van der Waals surface area contributed by atoms with Crippen LogP contribution in [0.25, 0.3) is 10.9 Å². The minimum atomic E-state index is -0.792.